The van der Waals surface area contributed by atoms with E-state index in [1.54, 1.807) is 0 Å². The molecule has 2 aliphatic rings. The highest BCUT2D eigenvalue weighted by Crippen LogP contribution is 2.34. The predicted molar refractivity (Wildman–Crippen MR) is 83.9 cm³/mol. The van der Waals surface area contributed by atoms with Gasteiger partial charge in [-0.1, -0.05) is 46.0 Å². The third-order valence-electron chi connectivity index (χ3n) is 5.04. The smallest absolute Gasteiger partial charge is 0.248 e. The molecule has 4 nitrogen and oxygen atoms in total. The molecule has 2 rings (SSSR count). The third-order valence-corrected chi connectivity index (χ3v) is 5.04. The molecular formula is C17H30N2O2. The van der Waals surface area contributed by atoms with E-state index in [2.05, 4.69) is 19.2 Å². The van der Waals surface area contributed by atoms with E-state index >= 15 is 0 Å². The molecule has 2 fully saturated rings. The Balaban J connectivity index is 2.18. The minimum Gasteiger partial charge on any atom is -0.342 e. The first-order chi connectivity index (χ1) is 10.1. The summed E-state index contributed by atoms with van der Waals surface area (Å²) in [6.07, 6.45) is 9.72. The van der Waals surface area contributed by atoms with Crippen LogP contribution in [-0.4, -0.2) is 34.8 Å². The number of hydrogen-bond donors (Lipinski definition) is 1. The number of amides is 2. The molecule has 1 heterocycles. The molecule has 1 unspecified atom stereocenters. The zero-order valence-corrected chi connectivity index (χ0v) is 13.6. The van der Waals surface area contributed by atoms with Gasteiger partial charge in [-0.2, -0.15) is 0 Å². The summed E-state index contributed by atoms with van der Waals surface area (Å²) in [5.74, 6) is 0.249. The first kappa shape index (κ1) is 16.3. The van der Waals surface area contributed by atoms with Crippen molar-refractivity contribution in [1.29, 1.82) is 0 Å². The molecule has 1 aliphatic heterocycles. The number of nitrogens with one attached hydrogen (secondary N) is 1. The SMILES string of the molecule is CCCCC(CCC)N1CCC(=O)NC2(CCCC2)C1=O. The Labute approximate surface area is 128 Å². The number of rotatable bonds is 6. The van der Waals surface area contributed by atoms with Crippen LogP contribution in [0.15, 0.2) is 0 Å². The molecule has 0 aromatic rings. The topological polar surface area (TPSA) is 49.4 Å². The fourth-order valence-electron chi connectivity index (χ4n) is 3.88. The first-order valence-electron chi connectivity index (χ1n) is 8.75. The molecule has 1 aliphatic carbocycles. The van der Waals surface area contributed by atoms with Gasteiger partial charge in [0.25, 0.3) is 0 Å². The summed E-state index contributed by atoms with van der Waals surface area (Å²) in [6.45, 7) is 4.97. The summed E-state index contributed by atoms with van der Waals surface area (Å²) in [5.41, 5.74) is -0.578. The molecule has 1 saturated heterocycles. The van der Waals surface area contributed by atoms with Crippen molar-refractivity contribution in [2.24, 2.45) is 0 Å². The lowest BCUT2D eigenvalue weighted by Gasteiger charge is -2.36. The number of nitrogens with zero attached hydrogens (tertiary/aromatic N) is 1. The van der Waals surface area contributed by atoms with Gasteiger partial charge < -0.3 is 10.2 Å². The summed E-state index contributed by atoms with van der Waals surface area (Å²) >= 11 is 0. The van der Waals surface area contributed by atoms with E-state index in [1.165, 1.54) is 0 Å². The van der Waals surface area contributed by atoms with E-state index in [0.717, 1.165) is 57.8 Å². The normalized spacial score (nSPS) is 23.2. The van der Waals surface area contributed by atoms with Crippen LogP contribution in [0.1, 0.15) is 78.1 Å². The second kappa shape index (κ2) is 7.28. The van der Waals surface area contributed by atoms with Crippen LogP contribution in [0.2, 0.25) is 0 Å². The van der Waals surface area contributed by atoms with Crippen LogP contribution >= 0.6 is 0 Å². The van der Waals surface area contributed by atoms with Crippen molar-refractivity contribution >= 4 is 11.8 Å². The fraction of sp³-hybridized carbons (Fsp3) is 0.882. The van der Waals surface area contributed by atoms with Gasteiger partial charge in [0.1, 0.15) is 5.54 Å². The van der Waals surface area contributed by atoms with Crippen molar-refractivity contribution in [2.75, 3.05) is 6.54 Å². The summed E-state index contributed by atoms with van der Waals surface area (Å²) in [4.78, 5) is 27.2. The third kappa shape index (κ3) is 3.58. The zero-order valence-electron chi connectivity index (χ0n) is 13.6. The molecule has 21 heavy (non-hydrogen) atoms. The molecule has 4 heteroatoms. The van der Waals surface area contributed by atoms with E-state index in [9.17, 15) is 9.59 Å². The Morgan fingerprint density at radius 3 is 2.48 bits per heavy atom. The Kier molecular flexibility index (Phi) is 5.65. The van der Waals surface area contributed by atoms with E-state index in [1.807, 2.05) is 4.90 Å². The fourth-order valence-corrected chi connectivity index (χ4v) is 3.88. The minimum absolute atomic E-state index is 0.0542. The molecule has 2 amide bonds. The van der Waals surface area contributed by atoms with Crippen molar-refractivity contribution < 1.29 is 9.59 Å². The summed E-state index contributed by atoms with van der Waals surface area (Å²) < 4.78 is 0. The van der Waals surface area contributed by atoms with Crippen LogP contribution in [0.4, 0.5) is 0 Å². The van der Waals surface area contributed by atoms with E-state index in [-0.39, 0.29) is 11.8 Å². The second-order valence-corrected chi connectivity index (χ2v) is 6.67. The molecule has 1 saturated carbocycles. The standard InChI is InChI=1S/C17H30N2O2/c1-3-5-9-14(8-4-2)19-13-10-15(20)18-17(16(19)21)11-6-7-12-17/h14H,3-13H2,1-2H3,(H,18,20). The lowest BCUT2D eigenvalue weighted by atomic mass is 9.93. The van der Waals surface area contributed by atoms with Crippen LogP contribution in [0.3, 0.4) is 0 Å². The quantitative estimate of drug-likeness (QED) is 0.818. The van der Waals surface area contributed by atoms with E-state index in [0.29, 0.717) is 19.0 Å². The Bertz CT molecular complexity index is 375. The van der Waals surface area contributed by atoms with Crippen molar-refractivity contribution in [1.82, 2.24) is 10.2 Å². The maximum absolute atomic E-state index is 13.1. The average Bonchev–Trinajstić information content (AvgIpc) is 2.89. The van der Waals surface area contributed by atoms with Gasteiger partial charge in [-0.15, -0.1) is 0 Å². The minimum atomic E-state index is -0.578. The van der Waals surface area contributed by atoms with Crippen LogP contribution < -0.4 is 5.32 Å². The van der Waals surface area contributed by atoms with Gasteiger partial charge in [0.05, 0.1) is 0 Å². The lowest BCUT2D eigenvalue weighted by molar-refractivity contribution is -0.141. The monoisotopic (exact) mass is 294 g/mol. The maximum Gasteiger partial charge on any atom is 0.248 e. The van der Waals surface area contributed by atoms with Crippen molar-refractivity contribution in [2.45, 2.75) is 89.6 Å². The molecular weight excluding hydrogens is 264 g/mol. The predicted octanol–water partition coefficient (Wildman–Crippen LogP) is 3.01. The highest BCUT2D eigenvalue weighted by molar-refractivity contribution is 5.94. The van der Waals surface area contributed by atoms with Crippen LogP contribution in [0.25, 0.3) is 0 Å². The highest BCUT2D eigenvalue weighted by atomic mass is 16.2. The summed E-state index contributed by atoms with van der Waals surface area (Å²) in [7, 11) is 0. The molecule has 0 aromatic heterocycles. The van der Waals surface area contributed by atoms with Crippen molar-refractivity contribution in [3.05, 3.63) is 0 Å². The number of carbonyl (C=O) groups is 2. The number of hydrogen-bond acceptors (Lipinski definition) is 2. The van der Waals surface area contributed by atoms with Crippen molar-refractivity contribution in [3.63, 3.8) is 0 Å². The van der Waals surface area contributed by atoms with Crippen LogP contribution in [0.5, 0.6) is 0 Å². The molecule has 1 atom stereocenters. The van der Waals surface area contributed by atoms with Crippen molar-refractivity contribution in [3.8, 4) is 0 Å². The van der Waals surface area contributed by atoms with Gasteiger partial charge in [-0.3, -0.25) is 9.59 Å². The largest absolute Gasteiger partial charge is 0.342 e. The summed E-state index contributed by atoms with van der Waals surface area (Å²) in [5, 5.41) is 3.06. The summed E-state index contributed by atoms with van der Waals surface area (Å²) in [6, 6.07) is 0.313. The van der Waals surface area contributed by atoms with Gasteiger partial charge >= 0.3 is 0 Å². The molecule has 120 valence electrons. The van der Waals surface area contributed by atoms with Gasteiger partial charge in [0.2, 0.25) is 11.8 Å². The van der Waals surface area contributed by atoms with Gasteiger partial charge in [-0.05, 0) is 25.7 Å². The molecule has 0 bridgehead atoms. The van der Waals surface area contributed by atoms with Gasteiger partial charge in [-0.25, -0.2) is 0 Å². The van der Waals surface area contributed by atoms with E-state index in [4.69, 9.17) is 0 Å². The average molecular weight is 294 g/mol. The molecule has 1 N–H and O–H groups in total. The van der Waals surface area contributed by atoms with E-state index < -0.39 is 5.54 Å². The first-order valence-corrected chi connectivity index (χ1v) is 8.75. The van der Waals surface area contributed by atoms with Crippen LogP contribution in [0, 0.1) is 0 Å². The molecule has 1 spiro atoms. The Morgan fingerprint density at radius 1 is 1.14 bits per heavy atom. The lowest BCUT2D eigenvalue weighted by Crippen LogP contribution is -2.57. The number of carbonyl (C=O) groups excluding carboxylic acids is 2. The Hall–Kier alpha value is -1.06. The van der Waals surface area contributed by atoms with Gasteiger partial charge in [0.15, 0.2) is 0 Å². The molecule has 0 radical (unpaired) electrons. The molecule has 0 aromatic carbocycles. The Morgan fingerprint density at radius 2 is 1.86 bits per heavy atom. The highest BCUT2D eigenvalue weighted by Gasteiger charge is 2.47. The number of unbranched alkanes of at least 4 members (excludes halogenated alkanes) is 1. The maximum atomic E-state index is 13.1. The zero-order chi connectivity index (χ0) is 15.3. The van der Waals surface area contributed by atoms with Gasteiger partial charge in [0, 0.05) is 19.0 Å². The van der Waals surface area contributed by atoms with Crippen LogP contribution in [-0.2, 0) is 9.59 Å². The second-order valence-electron chi connectivity index (χ2n) is 6.67.